The zero-order valence-corrected chi connectivity index (χ0v) is 10.4. The third-order valence-corrected chi connectivity index (χ3v) is 3.20. The first-order valence-electron chi connectivity index (χ1n) is 6.26. The number of anilines is 1. The van der Waals surface area contributed by atoms with Gasteiger partial charge in [-0.25, -0.2) is 0 Å². The monoisotopic (exact) mass is 236 g/mol. The minimum Gasteiger partial charge on any atom is -0.308 e. The second-order valence-electron chi connectivity index (χ2n) is 4.68. The number of hydrogen-bond acceptors (Lipinski definition) is 3. The van der Waals surface area contributed by atoms with E-state index in [1.807, 2.05) is 19.2 Å². The topological polar surface area (TPSA) is 59.0 Å². The van der Waals surface area contributed by atoms with E-state index in [1.54, 1.807) is 4.68 Å². The summed E-state index contributed by atoms with van der Waals surface area (Å²) in [5, 5.41) is 10.3. The molecular weight excluding hydrogens is 216 g/mol. The molecule has 0 aromatic carbocycles. The maximum atomic E-state index is 12.0. The Morgan fingerprint density at radius 1 is 1.71 bits per heavy atom. The molecule has 0 bridgehead atoms. The normalized spacial score (nSPS) is 24.6. The highest BCUT2D eigenvalue weighted by Crippen LogP contribution is 2.16. The van der Waals surface area contributed by atoms with Crippen molar-refractivity contribution in [3.63, 3.8) is 0 Å². The van der Waals surface area contributed by atoms with E-state index < -0.39 is 0 Å². The number of aryl methyl sites for hydroxylation is 1. The first-order valence-corrected chi connectivity index (χ1v) is 6.26. The zero-order valence-electron chi connectivity index (χ0n) is 10.4. The molecule has 1 aliphatic rings. The highest BCUT2D eigenvalue weighted by molar-refractivity contribution is 5.94. The first-order chi connectivity index (χ1) is 8.19. The molecule has 1 aliphatic heterocycles. The van der Waals surface area contributed by atoms with Gasteiger partial charge < -0.3 is 10.6 Å². The van der Waals surface area contributed by atoms with Gasteiger partial charge in [-0.15, -0.1) is 0 Å². The summed E-state index contributed by atoms with van der Waals surface area (Å²) in [4.78, 5) is 12.0. The van der Waals surface area contributed by atoms with E-state index in [1.165, 1.54) is 0 Å². The van der Waals surface area contributed by atoms with Crippen LogP contribution in [0.25, 0.3) is 0 Å². The summed E-state index contributed by atoms with van der Waals surface area (Å²) in [6, 6.07) is 1.75. The lowest BCUT2D eigenvalue weighted by Crippen LogP contribution is -2.45. The van der Waals surface area contributed by atoms with Gasteiger partial charge >= 0.3 is 0 Å². The van der Waals surface area contributed by atoms with Crippen molar-refractivity contribution in [3.05, 3.63) is 12.3 Å². The third-order valence-electron chi connectivity index (χ3n) is 3.20. The van der Waals surface area contributed by atoms with Crippen molar-refractivity contribution in [3.8, 4) is 0 Å². The molecule has 2 heterocycles. The average Bonchev–Trinajstić information content (AvgIpc) is 2.77. The summed E-state index contributed by atoms with van der Waals surface area (Å²) < 4.78 is 1.80. The largest absolute Gasteiger partial charge is 0.308 e. The fourth-order valence-corrected chi connectivity index (χ4v) is 2.13. The average molecular weight is 236 g/mol. The van der Waals surface area contributed by atoms with Crippen molar-refractivity contribution < 1.29 is 4.79 Å². The van der Waals surface area contributed by atoms with Crippen molar-refractivity contribution in [2.45, 2.75) is 39.3 Å². The molecule has 17 heavy (non-hydrogen) atoms. The molecule has 1 aromatic heterocycles. The van der Waals surface area contributed by atoms with Crippen LogP contribution in [-0.4, -0.2) is 28.3 Å². The van der Waals surface area contributed by atoms with Crippen LogP contribution in [-0.2, 0) is 11.3 Å². The molecule has 2 N–H and O–H groups in total. The van der Waals surface area contributed by atoms with Crippen LogP contribution in [0, 0.1) is 5.92 Å². The molecule has 0 aliphatic carbocycles. The van der Waals surface area contributed by atoms with Gasteiger partial charge in [0.05, 0.1) is 6.04 Å². The number of carbonyl (C=O) groups excluding carboxylic acids is 1. The van der Waals surface area contributed by atoms with Gasteiger partial charge in [-0.1, -0.05) is 6.92 Å². The van der Waals surface area contributed by atoms with Gasteiger partial charge in [-0.3, -0.25) is 9.48 Å². The molecule has 1 fully saturated rings. The van der Waals surface area contributed by atoms with Crippen LogP contribution >= 0.6 is 0 Å². The Labute approximate surface area is 102 Å². The molecule has 94 valence electrons. The molecule has 2 unspecified atom stereocenters. The number of nitrogens with zero attached hydrogens (tertiary/aromatic N) is 2. The molecule has 0 radical (unpaired) electrons. The Balaban J connectivity index is 1.91. The maximum Gasteiger partial charge on any atom is 0.242 e. The van der Waals surface area contributed by atoms with Gasteiger partial charge in [0.25, 0.3) is 0 Å². The number of rotatable bonds is 3. The van der Waals surface area contributed by atoms with Gasteiger partial charge in [-0.05, 0) is 32.2 Å². The molecule has 1 aromatic rings. The van der Waals surface area contributed by atoms with Crippen molar-refractivity contribution in [2.75, 3.05) is 11.9 Å². The van der Waals surface area contributed by atoms with Crippen LogP contribution in [0.4, 0.5) is 5.82 Å². The molecule has 5 nitrogen and oxygen atoms in total. The highest BCUT2D eigenvalue weighted by atomic mass is 16.2. The highest BCUT2D eigenvalue weighted by Gasteiger charge is 2.24. The predicted octanol–water partition coefficient (Wildman–Crippen LogP) is 1.23. The van der Waals surface area contributed by atoms with Crippen LogP contribution in [0.1, 0.15) is 26.7 Å². The van der Waals surface area contributed by atoms with Crippen LogP contribution in [0.5, 0.6) is 0 Å². The second kappa shape index (κ2) is 5.31. The van der Waals surface area contributed by atoms with Crippen LogP contribution in [0.15, 0.2) is 12.3 Å². The van der Waals surface area contributed by atoms with E-state index in [4.69, 9.17) is 0 Å². The van der Waals surface area contributed by atoms with Gasteiger partial charge in [-0.2, -0.15) is 5.10 Å². The lowest BCUT2D eigenvalue weighted by atomic mass is 9.94. The van der Waals surface area contributed by atoms with Crippen molar-refractivity contribution in [1.29, 1.82) is 0 Å². The quantitative estimate of drug-likeness (QED) is 0.830. The van der Waals surface area contributed by atoms with E-state index >= 15 is 0 Å². The molecule has 2 atom stereocenters. The van der Waals surface area contributed by atoms with Gasteiger partial charge in [0.15, 0.2) is 5.82 Å². The summed E-state index contributed by atoms with van der Waals surface area (Å²) in [5.41, 5.74) is 0. The Hall–Kier alpha value is -1.36. The second-order valence-corrected chi connectivity index (χ2v) is 4.68. The fourth-order valence-electron chi connectivity index (χ4n) is 2.13. The minimum absolute atomic E-state index is 0.0258. The fraction of sp³-hybridized carbons (Fsp3) is 0.667. The van der Waals surface area contributed by atoms with E-state index in [0.717, 1.165) is 25.9 Å². The number of carbonyl (C=O) groups is 1. The van der Waals surface area contributed by atoms with E-state index in [9.17, 15) is 4.79 Å². The standard InChI is InChI=1S/C12H20N4O/c1-3-16-7-5-11(15-16)14-12(17)10-8-9(2)4-6-13-10/h5,7,9-10,13H,3-4,6,8H2,1-2H3,(H,14,15,17). The molecule has 5 heteroatoms. The smallest absolute Gasteiger partial charge is 0.242 e. The lowest BCUT2D eigenvalue weighted by molar-refractivity contribution is -0.119. The minimum atomic E-state index is -0.0782. The summed E-state index contributed by atoms with van der Waals surface area (Å²) in [6.07, 6.45) is 3.92. The van der Waals surface area contributed by atoms with E-state index in [0.29, 0.717) is 11.7 Å². The number of nitrogens with one attached hydrogen (secondary N) is 2. The summed E-state index contributed by atoms with van der Waals surface area (Å²) in [5.74, 6) is 1.27. The number of aromatic nitrogens is 2. The molecule has 1 amide bonds. The zero-order chi connectivity index (χ0) is 12.3. The van der Waals surface area contributed by atoms with Crippen LogP contribution in [0.2, 0.25) is 0 Å². The van der Waals surface area contributed by atoms with Crippen molar-refractivity contribution in [1.82, 2.24) is 15.1 Å². The van der Waals surface area contributed by atoms with Crippen molar-refractivity contribution in [2.24, 2.45) is 5.92 Å². The van der Waals surface area contributed by atoms with Gasteiger partial charge in [0.1, 0.15) is 0 Å². The van der Waals surface area contributed by atoms with Crippen LogP contribution in [0.3, 0.4) is 0 Å². The maximum absolute atomic E-state index is 12.0. The first kappa shape index (κ1) is 12.1. The molecule has 0 spiro atoms. The summed E-state index contributed by atoms with van der Waals surface area (Å²) in [7, 11) is 0. The Morgan fingerprint density at radius 2 is 2.53 bits per heavy atom. The molecule has 1 saturated heterocycles. The third kappa shape index (κ3) is 3.06. The number of amides is 1. The lowest BCUT2D eigenvalue weighted by Gasteiger charge is -2.26. The molecule has 2 rings (SSSR count). The number of piperidine rings is 1. The SMILES string of the molecule is CCn1ccc(NC(=O)C2CC(C)CCN2)n1. The van der Waals surface area contributed by atoms with Gasteiger partial charge in [0.2, 0.25) is 5.91 Å². The molecule has 0 saturated carbocycles. The summed E-state index contributed by atoms with van der Waals surface area (Å²) in [6.45, 7) is 5.94. The van der Waals surface area contributed by atoms with E-state index in [2.05, 4.69) is 22.7 Å². The Kier molecular flexibility index (Phi) is 3.78. The van der Waals surface area contributed by atoms with E-state index in [-0.39, 0.29) is 11.9 Å². The Bertz CT molecular complexity index is 388. The van der Waals surface area contributed by atoms with Crippen LogP contribution < -0.4 is 10.6 Å². The molecular formula is C12H20N4O. The summed E-state index contributed by atoms with van der Waals surface area (Å²) >= 11 is 0. The predicted molar refractivity (Wildman–Crippen MR) is 66.7 cm³/mol. The van der Waals surface area contributed by atoms with Crippen molar-refractivity contribution >= 4 is 11.7 Å². The Morgan fingerprint density at radius 3 is 3.18 bits per heavy atom. The van der Waals surface area contributed by atoms with Gasteiger partial charge in [0, 0.05) is 18.8 Å². The number of hydrogen-bond donors (Lipinski definition) is 2.